The first-order chi connectivity index (χ1) is 12.9. The maximum Gasteiger partial charge on any atom is 0.264 e. The zero-order valence-corrected chi connectivity index (χ0v) is 19.6. The molecule has 0 N–H and O–H groups in total. The second kappa shape index (κ2) is 8.85. The van der Waals surface area contributed by atoms with E-state index in [2.05, 4.69) is 23.1 Å². The van der Waals surface area contributed by atoms with Crippen molar-refractivity contribution in [3.8, 4) is 5.88 Å². The van der Waals surface area contributed by atoms with Gasteiger partial charge in [-0.15, -0.1) is 0 Å². The molecule has 0 aromatic carbocycles. The molecule has 2 aromatic heterocycles. The van der Waals surface area contributed by atoms with Gasteiger partial charge in [-0.3, -0.25) is 9.17 Å². The van der Waals surface area contributed by atoms with Crippen molar-refractivity contribution in [1.29, 1.82) is 0 Å². The fourth-order valence-corrected chi connectivity index (χ4v) is 4.90. The molecule has 0 saturated carbocycles. The van der Waals surface area contributed by atoms with Gasteiger partial charge < -0.3 is 9.16 Å². The molecule has 0 fully saturated rings. The Morgan fingerprint density at radius 2 is 1.86 bits per heavy atom. The van der Waals surface area contributed by atoms with E-state index in [9.17, 15) is 8.42 Å². The highest BCUT2D eigenvalue weighted by Gasteiger charge is 2.37. The first-order valence-corrected chi connectivity index (χ1v) is 13.8. The minimum absolute atomic E-state index is 0.305. The van der Waals surface area contributed by atoms with Crippen LogP contribution in [0.4, 0.5) is 0 Å². The van der Waals surface area contributed by atoms with Crippen LogP contribution in [0.3, 0.4) is 0 Å². The van der Waals surface area contributed by atoms with Gasteiger partial charge in [0.2, 0.25) is 5.88 Å². The van der Waals surface area contributed by atoms with E-state index in [-0.39, 0.29) is 11.5 Å². The SMILES string of the molecule is COc1ccc2nccc(CC(OS(C)(=O)=O)C(O[SiH](C)C)C(C)(C)C)c2n1. The molecule has 0 amide bonds. The summed E-state index contributed by atoms with van der Waals surface area (Å²) in [6.07, 6.45) is 2.02. The van der Waals surface area contributed by atoms with Gasteiger partial charge in [0.05, 0.1) is 30.5 Å². The summed E-state index contributed by atoms with van der Waals surface area (Å²) in [5, 5.41) is 0. The third kappa shape index (κ3) is 6.23. The molecule has 0 bridgehead atoms. The molecule has 2 atom stereocenters. The highest BCUT2D eigenvalue weighted by molar-refractivity contribution is 7.86. The van der Waals surface area contributed by atoms with E-state index in [4.69, 9.17) is 13.3 Å². The van der Waals surface area contributed by atoms with E-state index < -0.39 is 25.3 Å². The van der Waals surface area contributed by atoms with Crippen molar-refractivity contribution in [2.24, 2.45) is 5.41 Å². The summed E-state index contributed by atoms with van der Waals surface area (Å²) in [5.41, 5.74) is 1.91. The standard InChI is InChI=1S/C19H30N2O5SSi/c1-19(2,3)18(26-28(6)7)15(25-27(5,22)23)12-13-10-11-20-14-8-9-16(24-4)21-17(13)14/h8-11,15,18,28H,12H2,1-7H3. The van der Waals surface area contributed by atoms with Gasteiger partial charge in [-0.2, -0.15) is 8.42 Å². The van der Waals surface area contributed by atoms with Crippen molar-refractivity contribution < 1.29 is 21.8 Å². The van der Waals surface area contributed by atoms with Crippen molar-refractivity contribution in [3.63, 3.8) is 0 Å². The molecule has 2 unspecified atom stereocenters. The molecular weight excluding hydrogens is 396 g/mol. The Morgan fingerprint density at radius 1 is 1.18 bits per heavy atom. The molecule has 2 aromatic rings. The first kappa shape index (κ1) is 22.7. The smallest absolute Gasteiger partial charge is 0.264 e. The number of rotatable bonds is 8. The van der Waals surface area contributed by atoms with Crippen molar-refractivity contribution in [2.45, 2.75) is 52.5 Å². The van der Waals surface area contributed by atoms with Crippen molar-refractivity contribution in [3.05, 3.63) is 30.0 Å². The third-order valence-corrected chi connectivity index (χ3v) is 5.61. The van der Waals surface area contributed by atoms with Crippen LogP contribution in [-0.2, 0) is 25.1 Å². The van der Waals surface area contributed by atoms with Crippen LogP contribution in [0.5, 0.6) is 5.88 Å². The van der Waals surface area contributed by atoms with Crippen LogP contribution in [0, 0.1) is 5.41 Å². The highest BCUT2D eigenvalue weighted by Crippen LogP contribution is 2.31. The molecule has 2 rings (SSSR count). The van der Waals surface area contributed by atoms with Crippen molar-refractivity contribution in [2.75, 3.05) is 13.4 Å². The molecule has 0 aliphatic rings. The Morgan fingerprint density at radius 3 is 2.39 bits per heavy atom. The fourth-order valence-electron chi connectivity index (χ4n) is 3.11. The number of fused-ring (bicyclic) bond motifs is 1. The Labute approximate surface area is 169 Å². The van der Waals surface area contributed by atoms with Crippen LogP contribution >= 0.6 is 0 Å². The van der Waals surface area contributed by atoms with Crippen LogP contribution in [0.15, 0.2) is 24.4 Å². The van der Waals surface area contributed by atoms with E-state index in [1.54, 1.807) is 19.4 Å². The Bertz CT molecular complexity index is 912. The number of nitrogens with zero attached hydrogens (tertiary/aromatic N) is 2. The maximum absolute atomic E-state index is 12.0. The van der Waals surface area contributed by atoms with Gasteiger partial charge in [0.1, 0.15) is 6.10 Å². The van der Waals surface area contributed by atoms with E-state index in [1.165, 1.54) is 0 Å². The number of pyridine rings is 2. The van der Waals surface area contributed by atoms with Crippen molar-refractivity contribution in [1.82, 2.24) is 9.97 Å². The number of hydrogen-bond donors (Lipinski definition) is 0. The lowest BCUT2D eigenvalue weighted by molar-refractivity contribution is -0.0112. The van der Waals surface area contributed by atoms with Crippen LogP contribution < -0.4 is 4.74 Å². The highest BCUT2D eigenvalue weighted by atomic mass is 32.2. The molecule has 0 saturated heterocycles. The normalized spacial score (nSPS) is 15.0. The summed E-state index contributed by atoms with van der Waals surface area (Å²) < 4.78 is 41.0. The molecule has 2 heterocycles. The lowest BCUT2D eigenvalue weighted by Gasteiger charge is -2.37. The zero-order chi connectivity index (χ0) is 21.1. The first-order valence-electron chi connectivity index (χ1n) is 9.23. The van der Waals surface area contributed by atoms with E-state index in [1.807, 2.05) is 32.9 Å². The number of ether oxygens (including phenoxy) is 1. The Kier molecular flexibility index (Phi) is 7.19. The lowest BCUT2D eigenvalue weighted by atomic mass is 9.84. The summed E-state index contributed by atoms with van der Waals surface area (Å²) in [5.74, 6) is 0.473. The predicted octanol–water partition coefficient (Wildman–Crippen LogP) is 2.94. The quantitative estimate of drug-likeness (QED) is 0.474. The topological polar surface area (TPSA) is 87.6 Å². The third-order valence-electron chi connectivity index (χ3n) is 4.18. The largest absolute Gasteiger partial charge is 0.481 e. The fraction of sp³-hybridized carbons (Fsp3) is 0.579. The molecule has 7 nitrogen and oxygen atoms in total. The minimum Gasteiger partial charge on any atom is -0.481 e. The second-order valence-electron chi connectivity index (χ2n) is 8.21. The van der Waals surface area contributed by atoms with Gasteiger partial charge in [-0.1, -0.05) is 20.8 Å². The van der Waals surface area contributed by atoms with Crippen molar-refractivity contribution >= 4 is 30.2 Å². The Hall–Kier alpha value is -1.55. The number of hydrogen-bond acceptors (Lipinski definition) is 7. The minimum atomic E-state index is -3.68. The molecule has 28 heavy (non-hydrogen) atoms. The van der Waals surface area contributed by atoms with E-state index in [0.717, 1.165) is 11.8 Å². The average Bonchev–Trinajstić information content (AvgIpc) is 2.56. The maximum atomic E-state index is 12.0. The van der Waals surface area contributed by atoms with Crippen LogP contribution in [0.2, 0.25) is 13.1 Å². The summed E-state index contributed by atoms with van der Waals surface area (Å²) >= 11 is 0. The number of aromatic nitrogens is 2. The summed E-state index contributed by atoms with van der Waals surface area (Å²) in [6, 6.07) is 5.41. The zero-order valence-electron chi connectivity index (χ0n) is 17.6. The van der Waals surface area contributed by atoms with E-state index in [0.29, 0.717) is 23.3 Å². The summed E-state index contributed by atoms with van der Waals surface area (Å²) in [4.78, 5) is 8.84. The lowest BCUT2D eigenvalue weighted by Crippen LogP contribution is -2.45. The summed E-state index contributed by atoms with van der Waals surface area (Å²) in [7, 11) is -3.57. The van der Waals surface area contributed by atoms with Gasteiger partial charge in [0.25, 0.3) is 10.1 Å². The van der Waals surface area contributed by atoms with Gasteiger partial charge >= 0.3 is 0 Å². The monoisotopic (exact) mass is 426 g/mol. The molecule has 0 spiro atoms. The summed E-state index contributed by atoms with van der Waals surface area (Å²) in [6.45, 7) is 10.2. The Balaban J connectivity index is 2.52. The number of methoxy groups -OCH3 is 1. The molecule has 156 valence electrons. The van der Waals surface area contributed by atoms with Gasteiger partial charge in [-0.05, 0) is 36.2 Å². The molecular formula is C19H30N2O5SSi. The average molecular weight is 427 g/mol. The van der Waals surface area contributed by atoms with Gasteiger partial charge in [0.15, 0.2) is 9.04 Å². The molecule has 9 heteroatoms. The molecule has 0 aliphatic heterocycles. The van der Waals surface area contributed by atoms with Crippen LogP contribution in [-0.4, -0.2) is 53.0 Å². The van der Waals surface area contributed by atoms with Crippen LogP contribution in [0.1, 0.15) is 26.3 Å². The molecule has 0 aliphatic carbocycles. The van der Waals surface area contributed by atoms with Gasteiger partial charge in [-0.25, -0.2) is 4.98 Å². The second-order valence-corrected chi connectivity index (χ2v) is 12.2. The van der Waals surface area contributed by atoms with Crippen LogP contribution in [0.25, 0.3) is 11.0 Å². The molecule has 0 radical (unpaired) electrons. The van der Waals surface area contributed by atoms with Gasteiger partial charge in [0, 0.05) is 18.7 Å². The van der Waals surface area contributed by atoms with E-state index >= 15 is 0 Å². The predicted molar refractivity (Wildman–Crippen MR) is 113 cm³/mol.